The van der Waals surface area contributed by atoms with E-state index < -0.39 is 0 Å². The number of amides is 1. The van der Waals surface area contributed by atoms with Crippen LogP contribution in [0.3, 0.4) is 0 Å². The average Bonchev–Trinajstić information content (AvgIpc) is 3.00. The lowest BCUT2D eigenvalue weighted by Crippen LogP contribution is -2.30. The third-order valence-electron chi connectivity index (χ3n) is 4.35. The summed E-state index contributed by atoms with van der Waals surface area (Å²) < 4.78 is 0. The van der Waals surface area contributed by atoms with Crippen molar-refractivity contribution < 1.29 is 9.90 Å². The Kier molecular flexibility index (Phi) is 4.15. The summed E-state index contributed by atoms with van der Waals surface area (Å²) in [5.74, 6) is 0.0780. The van der Waals surface area contributed by atoms with Crippen molar-refractivity contribution in [2.75, 3.05) is 10.2 Å². The van der Waals surface area contributed by atoms with Crippen LogP contribution in [-0.4, -0.2) is 11.0 Å². The van der Waals surface area contributed by atoms with E-state index in [2.05, 4.69) is 5.32 Å². The monoisotopic (exact) mass is 342 g/mol. The molecule has 0 aromatic heterocycles. The maximum absolute atomic E-state index is 13.1. The molecule has 0 saturated heterocycles. The van der Waals surface area contributed by atoms with E-state index in [1.54, 1.807) is 23.1 Å². The third-order valence-corrected chi connectivity index (χ3v) is 4.35. The first-order valence-corrected chi connectivity index (χ1v) is 8.44. The van der Waals surface area contributed by atoms with Crippen LogP contribution in [0.1, 0.15) is 11.6 Å². The highest BCUT2D eigenvalue weighted by Gasteiger charge is 2.34. The van der Waals surface area contributed by atoms with Gasteiger partial charge in [0.05, 0.1) is 6.04 Å². The molecule has 0 radical (unpaired) electrons. The van der Waals surface area contributed by atoms with Crippen LogP contribution in [0.15, 0.2) is 96.7 Å². The van der Waals surface area contributed by atoms with E-state index in [4.69, 9.17) is 0 Å². The summed E-state index contributed by atoms with van der Waals surface area (Å²) in [6, 6.07) is 25.9. The Morgan fingerprint density at radius 3 is 2.23 bits per heavy atom. The highest BCUT2D eigenvalue weighted by Crippen LogP contribution is 2.36. The Bertz CT molecular complexity index is 952. The number of nitrogens with zero attached hydrogens (tertiary/aromatic N) is 1. The lowest BCUT2D eigenvalue weighted by atomic mass is 10.1. The minimum Gasteiger partial charge on any atom is -0.508 e. The second-order valence-electron chi connectivity index (χ2n) is 6.12. The molecule has 1 unspecified atom stereocenters. The lowest BCUT2D eigenvalue weighted by molar-refractivity contribution is -0.114. The van der Waals surface area contributed by atoms with E-state index >= 15 is 0 Å². The maximum atomic E-state index is 13.1. The number of aromatic hydroxyl groups is 1. The Labute approximate surface area is 152 Å². The normalized spacial score (nSPS) is 16.5. The molecule has 0 saturated carbocycles. The van der Waals surface area contributed by atoms with Crippen molar-refractivity contribution in [2.24, 2.45) is 0 Å². The fourth-order valence-electron chi connectivity index (χ4n) is 3.15. The van der Waals surface area contributed by atoms with Gasteiger partial charge < -0.3 is 10.4 Å². The first kappa shape index (κ1) is 16.0. The van der Waals surface area contributed by atoms with E-state index in [1.165, 1.54) is 0 Å². The quantitative estimate of drug-likeness (QED) is 0.735. The highest BCUT2D eigenvalue weighted by atomic mass is 16.3. The molecule has 1 amide bonds. The van der Waals surface area contributed by atoms with Gasteiger partial charge in [-0.2, -0.15) is 0 Å². The van der Waals surface area contributed by atoms with Gasteiger partial charge in [0.15, 0.2) is 0 Å². The van der Waals surface area contributed by atoms with Gasteiger partial charge in [0.25, 0.3) is 5.91 Å². The molecule has 26 heavy (non-hydrogen) atoms. The SMILES string of the molecule is O=C1C(Nc2ccccc2)=CC(c2cccc(O)c2)N1c1ccccc1. The lowest BCUT2D eigenvalue weighted by Gasteiger charge is -2.25. The van der Waals surface area contributed by atoms with Gasteiger partial charge in [-0.15, -0.1) is 0 Å². The molecular formula is C22H18N2O2. The van der Waals surface area contributed by atoms with Crippen LogP contribution in [0.2, 0.25) is 0 Å². The zero-order valence-corrected chi connectivity index (χ0v) is 14.0. The number of phenols is 1. The molecule has 1 aliphatic heterocycles. The van der Waals surface area contributed by atoms with Crippen molar-refractivity contribution in [3.63, 3.8) is 0 Å². The van der Waals surface area contributed by atoms with Crippen LogP contribution in [-0.2, 0) is 4.79 Å². The first-order valence-electron chi connectivity index (χ1n) is 8.44. The van der Waals surface area contributed by atoms with Crippen molar-refractivity contribution >= 4 is 17.3 Å². The second kappa shape index (κ2) is 6.76. The predicted molar refractivity (Wildman–Crippen MR) is 103 cm³/mol. The van der Waals surface area contributed by atoms with Crippen LogP contribution in [0.5, 0.6) is 5.75 Å². The van der Waals surface area contributed by atoms with Gasteiger partial charge in [0.1, 0.15) is 11.4 Å². The number of hydrogen-bond donors (Lipinski definition) is 2. The molecule has 128 valence electrons. The van der Waals surface area contributed by atoms with Crippen molar-refractivity contribution in [1.82, 2.24) is 0 Å². The summed E-state index contributed by atoms with van der Waals surface area (Å²) in [7, 11) is 0. The van der Waals surface area contributed by atoms with Gasteiger partial charge in [0, 0.05) is 11.4 Å². The second-order valence-corrected chi connectivity index (χ2v) is 6.12. The molecule has 4 rings (SSSR count). The van der Waals surface area contributed by atoms with Gasteiger partial charge in [-0.3, -0.25) is 9.69 Å². The van der Waals surface area contributed by atoms with Crippen molar-refractivity contribution in [1.29, 1.82) is 0 Å². The minimum absolute atomic E-state index is 0.103. The van der Waals surface area contributed by atoms with Crippen molar-refractivity contribution in [3.05, 3.63) is 102 Å². The minimum atomic E-state index is -0.289. The number of hydrogen-bond acceptors (Lipinski definition) is 3. The molecule has 0 spiro atoms. The van der Waals surface area contributed by atoms with Crippen LogP contribution in [0, 0.1) is 0 Å². The van der Waals surface area contributed by atoms with E-state index in [9.17, 15) is 9.90 Å². The number of benzene rings is 3. The number of carbonyl (C=O) groups excluding carboxylic acids is 1. The number of carbonyl (C=O) groups is 1. The van der Waals surface area contributed by atoms with Gasteiger partial charge in [0.2, 0.25) is 0 Å². The summed E-state index contributed by atoms with van der Waals surface area (Å²) in [5.41, 5.74) is 3.05. The molecule has 4 heteroatoms. The van der Waals surface area contributed by atoms with Crippen molar-refractivity contribution in [3.8, 4) is 5.75 Å². The van der Waals surface area contributed by atoms with Crippen LogP contribution in [0.4, 0.5) is 11.4 Å². The zero-order valence-electron chi connectivity index (χ0n) is 14.0. The zero-order chi connectivity index (χ0) is 17.9. The number of nitrogens with one attached hydrogen (secondary N) is 1. The van der Waals surface area contributed by atoms with Crippen LogP contribution >= 0.6 is 0 Å². The van der Waals surface area contributed by atoms with Gasteiger partial charge in [-0.25, -0.2) is 0 Å². The Morgan fingerprint density at radius 2 is 1.54 bits per heavy atom. The summed E-state index contributed by atoms with van der Waals surface area (Å²) in [5, 5.41) is 13.1. The van der Waals surface area contributed by atoms with Crippen molar-refractivity contribution in [2.45, 2.75) is 6.04 Å². The average molecular weight is 342 g/mol. The van der Waals surface area contributed by atoms with Crippen LogP contribution < -0.4 is 10.2 Å². The largest absolute Gasteiger partial charge is 0.508 e. The molecule has 3 aromatic rings. The van der Waals surface area contributed by atoms with Crippen LogP contribution in [0.25, 0.3) is 0 Å². The predicted octanol–water partition coefficient (Wildman–Crippen LogP) is 4.48. The smallest absolute Gasteiger partial charge is 0.275 e. The number of anilines is 2. The first-order chi connectivity index (χ1) is 12.7. The molecule has 1 atom stereocenters. The summed E-state index contributed by atoms with van der Waals surface area (Å²) in [6.45, 7) is 0. The van der Waals surface area contributed by atoms with Gasteiger partial charge in [-0.05, 0) is 48.0 Å². The molecule has 3 aromatic carbocycles. The van der Waals surface area contributed by atoms with E-state index in [-0.39, 0.29) is 17.7 Å². The molecule has 0 bridgehead atoms. The molecule has 0 aliphatic carbocycles. The Morgan fingerprint density at radius 1 is 0.846 bits per heavy atom. The third kappa shape index (κ3) is 3.05. The summed E-state index contributed by atoms with van der Waals surface area (Å²) in [6.07, 6.45) is 1.90. The standard InChI is InChI=1S/C22H18N2O2/c25-19-13-7-8-16(14-19)21-15-20(23-17-9-3-1-4-10-17)22(26)24(21)18-11-5-2-6-12-18/h1-15,21,23,25H. The van der Waals surface area contributed by atoms with E-state index in [0.717, 1.165) is 16.9 Å². The number of rotatable bonds is 4. The molecule has 4 nitrogen and oxygen atoms in total. The Balaban J connectivity index is 1.74. The maximum Gasteiger partial charge on any atom is 0.275 e. The summed E-state index contributed by atoms with van der Waals surface area (Å²) in [4.78, 5) is 14.8. The Hall–Kier alpha value is -3.53. The number of phenolic OH excluding ortho intramolecular Hbond substituents is 1. The molecule has 1 aliphatic rings. The molecule has 2 N–H and O–H groups in total. The molecule has 0 fully saturated rings. The van der Waals surface area contributed by atoms with E-state index in [1.807, 2.05) is 72.8 Å². The molecular weight excluding hydrogens is 324 g/mol. The fourth-order valence-corrected chi connectivity index (χ4v) is 3.15. The number of para-hydroxylation sites is 2. The fraction of sp³-hybridized carbons (Fsp3) is 0.0455. The highest BCUT2D eigenvalue weighted by molar-refractivity contribution is 6.11. The van der Waals surface area contributed by atoms with Gasteiger partial charge >= 0.3 is 0 Å². The van der Waals surface area contributed by atoms with Gasteiger partial charge in [-0.1, -0.05) is 48.5 Å². The summed E-state index contributed by atoms with van der Waals surface area (Å²) >= 11 is 0. The van der Waals surface area contributed by atoms with E-state index in [0.29, 0.717) is 5.70 Å². The molecule has 1 heterocycles. The topological polar surface area (TPSA) is 52.6 Å².